The fourth-order valence-corrected chi connectivity index (χ4v) is 4.37. The van der Waals surface area contributed by atoms with Gasteiger partial charge >= 0.3 is 0 Å². The summed E-state index contributed by atoms with van der Waals surface area (Å²) in [6.45, 7) is 2.35. The third-order valence-corrected chi connectivity index (χ3v) is 5.18. The van der Waals surface area contributed by atoms with Crippen molar-refractivity contribution >= 4 is 0 Å². The van der Waals surface area contributed by atoms with Crippen molar-refractivity contribution in [3.05, 3.63) is 0 Å². The maximum absolute atomic E-state index is 9.69. The Hall–Kier alpha value is -0.550. The minimum absolute atomic E-state index is 0.0484. The zero-order valence-electron chi connectivity index (χ0n) is 10.1. The van der Waals surface area contributed by atoms with Crippen molar-refractivity contribution in [1.29, 1.82) is 5.26 Å². The minimum atomic E-state index is -0.0484. The molecule has 0 amide bonds. The van der Waals surface area contributed by atoms with E-state index in [0.29, 0.717) is 5.92 Å². The van der Waals surface area contributed by atoms with Gasteiger partial charge in [-0.1, -0.05) is 12.8 Å². The zero-order chi connectivity index (χ0) is 11.0. The van der Waals surface area contributed by atoms with Crippen molar-refractivity contribution in [2.45, 2.75) is 56.9 Å². The van der Waals surface area contributed by atoms with Gasteiger partial charge in [-0.05, 0) is 63.5 Å². The molecule has 1 aliphatic heterocycles. The molecule has 3 atom stereocenters. The van der Waals surface area contributed by atoms with Gasteiger partial charge in [0.25, 0.3) is 0 Å². The van der Waals surface area contributed by atoms with Crippen LogP contribution in [0.4, 0.5) is 0 Å². The molecule has 0 radical (unpaired) electrons. The standard InChI is InChI=1S/C14H22N2/c15-11-14(10-12-5-6-13(14)9-12)16-7-3-1-2-4-8-16/h12-13H,1-10H2. The second-order valence-corrected chi connectivity index (χ2v) is 6.02. The molecule has 3 fully saturated rings. The number of fused-ring (bicyclic) bond motifs is 2. The zero-order valence-corrected chi connectivity index (χ0v) is 10.1. The lowest BCUT2D eigenvalue weighted by Crippen LogP contribution is -2.51. The molecular formula is C14H22N2. The van der Waals surface area contributed by atoms with Gasteiger partial charge in [0.15, 0.2) is 0 Å². The molecule has 0 N–H and O–H groups in total. The SMILES string of the molecule is N#CC1(N2CCCCCC2)CC2CCC1C2. The van der Waals surface area contributed by atoms with Crippen molar-refractivity contribution in [1.82, 2.24) is 4.90 Å². The van der Waals surface area contributed by atoms with Gasteiger partial charge in [0.1, 0.15) is 5.54 Å². The Bertz CT molecular complexity index is 298. The summed E-state index contributed by atoms with van der Waals surface area (Å²) in [5, 5.41) is 9.69. The predicted octanol–water partition coefficient (Wildman–Crippen LogP) is 2.94. The van der Waals surface area contributed by atoms with Crippen LogP contribution in [0.5, 0.6) is 0 Å². The number of rotatable bonds is 1. The Balaban J connectivity index is 1.82. The summed E-state index contributed by atoms with van der Waals surface area (Å²) in [6.07, 6.45) is 10.6. The molecule has 2 nitrogen and oxygen atoms in total. The van der Waals surface area contributed by atoms with Crippen molar-refractivity contribution < 1.29 is 0 Å². The first-order valence-corrected chi connectivity index (χ1v) is 7.01. The molecule has 2 heteroatoms. The van der Waals surface area contributed by atoms with E-state index in [1.807, 2.05) is 0 Å². The molecule has 1 heterocycles. The average molecular weight is 218 g/mol. The summed E-state index contributed by atoms with van der Waals surface area (Å²) >= 11 is 0. The Kier molecular flexibility index (Phi) is 2.67. The van der Waals surface area contributed by atoms with Crippen LogP contribution in [0, 0.1) is 23.2 Å². The largest absolute Gasteiger partial charge is 0.285 e. The second kappa shape index (κ2) is 4.04. The van der Waals surface area contributed by atoms with Crippen LogP contribution in [0.25, 0.3) is 0 Å². The number of hydrogen-bond donors (Lipinski definition) is 0. The third-order valence-electron chi connectivity index (χ3n) is 5.18. The van der Waals surface area contributed by atoms with Crippen molar-refractivity contribution in [2.75, 3.05) is 13.1 Å². The molecule has 16 heavy (non-hydrogen) atoms. The summed E-state index contributed by atoms with van der Waals surface area (Å²) in [4.78, 5) is 2.56. The van der Waals surface area contributed by atoms with Crippen LogP contribution in [-0.4, -0.2) is 23.5 Å². The molecule has 0 aromatic carbocycles. The third kappa shape index (κ3) is 1.49. The van der Waals surface area contributed by atoms with E-state index < -0.39 is 0 Å². The van der Waals surface area contributed by atoms with Gasteiger partial charge in [-0.3, -0.25) is 4.90 Å². The molecule has 1 saturated heterocycles. The lowest BCUT2D eigenvalue weighted by Gasteiger charge is -2.41. The number of likely N-dealkylation sites (tertiary alicyclic amines) is 1. The maximum Gasteiger partial charge on any atom is 0.112 e. The van der Waals surface area contributed by atoms with E-state index >= 15 is 0 Å². The van der Waals surface area contributed by atoms with Crippen molar-refractivity contribution in [3.63, 3.8) is 0 Å². The molecule has 0 aromatic heterocycles. The highest BCUT2D eigenvalue weighted by atomic mass is 15.2. The minimum Gasteiger partial charge on any atom is -0.285 e. The van der Waals surface area contributed by atoms with Gasteiger partial charge in [0.05, 0.1) is 6.07 Å². The summed E-state index contributed by atoms with van der Waals surface area (Å²) in [7, 11) is 0. The topological polar surface area (TPSA) is 27.0 Å². The quantitative estimate of drug-likeness (QED) is 0.676. The van der Waals surface area contributed by atoms with Crippen LogP contribution in [0.2, 0.25) is 0 Å². The molecule has 0 aromatic rings. The van der Waals surface area contributed by atoms with E-state index in [1.54, 1.807) is 0 Å². The van der Waals surface area contributed by atoms with Crippen molar-refractivity contribution in [3.8, 4) is 6.07 Å². The van der Waals surface area contributed by atoms with Crippen LogP contribution in [0.15, 0.2) is 0 Å². The van der Waals surface area contributed by atoms with Crippen LogP contribution < -0.4 is 0 Å². The summed E-state index contributed by atoms with van der Waals surface area (Å²) in [6, 6.07) is 2.73. The highest BCUT2D eigenvalue weighted by molar-refractivity contribution is 5.19. The highest BCUT2D eigenvalue weighted by Gasteiger charge is 2.54. The smallest absolute Gasteiger partial charge is 0.112 e. The van der Waals surface area contributed by atoms with Gasteiger partial charge in [-0.2, -0.15) is 5.26 Å². The Morgan fingerprint density at radius 3 is 2.31 bits per heavy atom. The van der Waals surface area contributed by atoms with E-state index in [1.165, 1.54) is 64.5 Å². The molecule has 88 valence electrons. The van der Waals surface area contributed by atoms with Crippen molar-refractivity contribution in [2.24, 2.45) is 11.8 Å². The van der Waals surface area contributed by atoms with Crippen LogP contribution in [0.1, 0.15) is 51.4 Å². The first-order valence-electron chi connectivity index (χ1n) is 7.01. The Morgan fingerprint density at radius 1 is 1.06 bits per heavy atom. The summed E-state index contributed by atoms with van der Waals surface area (Å²) in [5.74, 6) is 1.56. The molecule has 3 unspecified atom stereocenters. The van der Waals surface area contributed by atoms with Gasteiger partial charge in [0.2, 0.25) is 0 Å². The number of hydrogen-bond acceptors (Lipinski definition) is 2. The monoisotopic (exact) mass is 218 g/mol. The summed E-state index contributed by atoms with van der Waals surface area (Å²) < 4.78 is 0. The first-order chi connectivity index (χ1) is 7.85. The number of nitriles is 1. The molecular weight excluding hydrogens is 196 g/mol. The van der Waals surface area contributed by atoms with Gasteiger partial charge < -0.3 is 0 Å². The van der Waals surface area contributed by atoms with E-state index in [0.717, 1.165) is 5.92 Å². The predicted molar refractivity (Wildman–Crippen MR) is 63.8 cm³/mol. The molecule has 3 aliphatic rings. The molecule has 2 bridgehead atoms. The highest BCUT2D eigenvalue weighted by Crippen LogP contribution is 2.53. The van der Waals surface area contributed by atoms with E-state index in [4.69, 9.17) is 0 Å². The van der Waals surface area contributed by atoms with Gasteiger partial charge in [-0.15, -0.1) is 0 Å². The maximum atomic E-state index is 9.69. The van der Waals surface area contributed by atoms with E-state index in [9.17, 15) is 5.26 Å². The van der Waals surface area contributed by atoms with Gasteiger partial charge in [-0.25, -0.2) is 0 Å². The van der Waals surface area contributed by atoms with Gasteiger partial charge in [0, 0.05) is 0 Å². The lowest BCUT2D eigenvalue weighted by atomic mass is 9.80. The van der Waals surface area contributed by atoms with E-state index in [-0.39, 0.29) is 5.54 Å². The Morgan fingerprint density at radius 2 is 1.81 bits per heavy atom. The van der Waals surface area contributed by atoms with Crippen LogP contribution in [0.3, 0.4) is 0 Å². The van der Waals surface area contributed by atoms with Crippen LogP contribution in [-0.2, 0) is 0 Å². The summed E-state index contributed by atoms with van der Waals surface area (Å²) in [5.41, 5.74) is -0.0484. The molecule has 3 rings (SSSR count). The fraction of sp³-hybridized carbons (Fsp3) is 0.929. The first kappa shape index (κ1) is 10.6. The molecule has 0 spiro atoms. The Labute approximate surface area is 98.6 Å². The van der Waals surface area contributed by atoms with Crippen LogP contribution >= 0.6 is 0 Å². The fourth-order valence-electron chi connectivity index (χ4n) is 4.37. The lowest BCUT2D eigenvalue weighted by molar-refractivity contribution is 0.0863. The second-order valence-electron chi connectivity index (χ2n) is 6.02. The normalized spacial score (nSPS) is 44.2. The molecule has 2 saturated carbocycles. The number of nitrogens with zero attached hydrogens (tertiary/aromatic N) is 2. The molecule has 2 aliphatic carbocycles. The van der Waals surface area contributed by atoms with E-state index in [2.05, 4.69) is 11.0 Å². The average Bonchev–Trinajstić information content (AvgIpc) is 2.80.